The van der Waals surface area contributed by atoms with Gasteiger partial charge in [-0.2, -0.15) is 0 Å². The number of morpholine rings is 1. The summed E-state index contributed by atoms with van der Waals surface area (Å²) < 4.78 is 25.3. The Hall–Kier alpha value is -1.85. The van der Waals surface area contributed by atoms with E-state index in [2.05, 4.69) is 9.80 Å². The fraction of sp³-hybridized carbons (Fsp3) is 0.474. The molecule has 0 N–H and O–H groups in total. The fourth-order valence-electron chi connectivity index (χ4n) is 3.92. The maximum atomic E-state index is 13.6. The second kappa shape index (κ2) is 6.57. The number of benzene rings is 1. The predicted molar refractivity (Wildman–Crippen MR) is 90.5 cm³/mol. The minimum atomic E-state index is -0.184. The molecule has 1 atom stereocenters. The number of ether oxygens (including phenoxy) is 1. The van der Waals surface area contributed by atoms with Gasteiger partial charge in [-0.1, -0.05) is 6.07 Å². The molecule has 0 unspecified atom stereocenters. The summed E-state index contributed by atoms with van der Waals surface area (Å²) in [6, 6.07) is 10.8. The van der Waals surface area contributed by atoms with Crippen LogP contribution in [0.5, 0.6) is 0 Å². The van der Waals surface area contributed by atoms with E-state index in [0.29, 0.717) is 0 Å². The zero-order chi connectivity index (χ0) is 16.4. The lowest BCUT2D eigenvalue weighted by Gasteiger charge is -2.48. The van der Waals surface area contributed by atoms with Crippen LogP contribution in [0.15, 0.2) is 47.1 Å². The zero-order valence-electron chi connectivity index (χ0n) is 13.8. The van der Waals surface area contributed by atoms with E-state index in [1.165, 1.54) is 6.07 Å². The van der Waals surface area contributed by atoms with E-state index in [0.717, 1.165) is 63.6 Å². The minimum absolute atomic E-state index is 0.171. The molecule has 2 saturated heterocycles. The summed E-state index contributed by atoms with van der Waals surface area (Å²) in [6.45, 7) is 5.12. The second-order valence-electron chi connectivity index (χ2n) is 6.83. The molecule has 4 nitrogen and oxygen atoms in total. The van der Waals surface area contributed by atoms with Gasteiger partial charge >= 0.3 is 0 Å². The van der Waals surface area contributed by atoms with Crippen LogP contribution in [0.1, 0.15) is 18.6 Å². The molecule has 0 radical (unpaired) electrons. The quantitative estimate of drug-likeness (QED) is 0.863. The van der Waals surface area contributed by atoms with Crippen LogP contribution in [-0.2, 0) is 11.3 Å². The van der Waals surface area contributed by atoms with Gasteiger partial charge in [0.1, 0.15) is 11.6 Å². The molecule has 2 aromatic rings. The molecule has 2 aliphatic rings. The van der Waals surface area contributed by atoms with Gasteiger partial charge in [-0.05, 0) is 43.2 Å². The highest BCUT2D eigenvalue weighted by Crippen LogP contribution is 2.32. The molecule has 5 heteroatoms. The Bertz CT molecular complexity index is 672. The number of hydrogen-bond acceptors (Lipinski definition) is 4. The summed E-state index contributed by atoms with van der Waals surface area (Å²) in [5, 5.41) is 0. The van der Waals surface area contributed by atoms with E-state index < -0.39 is 0 Å². The Kier molecular flexibility index (Phi) is 4.29. The van der Waals surface area contributed by atoms with Crippen molar-refractivity contribution in [1.29, 1.82) is 0 Å². The molecule has 4 rings (SSSR count). The number of anilines is 1. The molecule has 1 spiro atoms. The monoisotopic (exact) mass is 330 g/mol. The summed E-state index contributed by atoms with van der Waals surface area (Å²) in [7, 11) is 0. The third kappa shape index (κ3) is 3.32. The van der Waals surface area contributed by atoms with Crippen LogP contribution in [0.25, 0.3) is 0 Å². The first-order valence-corrected chi connectivity index (χ1v) is 8.62. The van der Waals surface area contributed by atoms with Gasteiger partial charge in [-0.25, -0.2) is 4.39 Å². The van der Waals surface area contributed by atoms with Gasteiger partial charge in [0.25, 0.3) is 0 Å². The average molecular weight is 330 g/mol. The van der Waals surface area contributed by atoms with Crippen LogP contribution >= 0.6 is 0 Å². The normalized spacial score (nSPS) is 25.3. The molecule has 0 bridgehead atoms. The largest absolute Gasteiger partial charge is 0.468 e. The van der Waals surface area contributed by atoms with Crippen LogP contribution in [0, 0.1) is 5.82 Å². The van der Waals surface area contributed by atoms with Crippen molar-refractivity contribution in [2.45, 2.75) is 25.0 Å². The third-order valence-electron chi connectivity index (χ3n) is 5.00. The Balaban J connectivity index is 1.47. The van der Waals surface area contributed by atoms with Crippen molar-refractivity contribution in [1.82, 2.24) is 4.90 Å². The van der Waals surface area contributed by atoms with Crippen LogP contribution < -0.4 is 4.90 Å². The van der Waals surface area contributed by atoms with E-state index >= 15 is 0 Å². The molecular weight excluding hydrogens is 307 g/mol. The van der Waals surface area contributed by atoms with Crippen molar-refractivity contribution >= 4 is 5.69 Å². The fourth-order valence-corrected chi connectivity index (χ4v) is 3.92. The van der Waals surface area contributed by atoms with Crippen molar-refractivity contribution in [3.63, 3.8) is 0 Å². The molecule has 1 aromatic carbocycles. The highest BCUT2D eigenvalue weighted by molar-refractivity contribution is 5.47. The molecule has 0 amide bonds. The van der Waals surface area contributed by atoms with E-state index in [1.807, 2.05) is 18.2 Å². The van der Waals surface area contributed by atoms with Gasteiger partial charge in [0.15, 0.2) is 0 Å². The first-order valence-electron chi connectivity index (χ1n) is 8.62. The van der Waals surface area contributed by atoms with Gasteiger partial charge in [0.2, 0.25) is 0 Å². The molecule has 128 valence electrons. The first kappa shape index (κ1) is 15.7. The van der Waals surface area contributed by atoms with Crippen LogP contribution in [-0.4, -0.2) is 43.3 Å². The molecule has 3 heterocycles. The standard InChI is InChI=1S/C19H23FN2O2/c20-16-4-1-5-17(12-16)22-8-3-7-19(15-22)14-21(9-11-24-19)13-18-6-2-10-23-18/h1-2,4-6,10,12H,3,7-9,11,13-15H2/t19-/m1/s1. The second-order valence-corrected chi connectivity index (χ2v) is 6.83. The smallest absolute Gasteiger partial charge is 0.125 e. The Morgan fingerprint density at radius 3 is 2.92 bits per heavy atom. The van der Waals surface area contributed by atoms with Crippen LogP contribution in [0.3, 0.4) is 0 Å². The van der Waals surface area contributed by atoms with Crippen molar-refractivity contribution in [2.75, 3.05) is 37.7 Å². The van der Waals surface area contributed by atoms with Crippen molar-refractivity contribution in [3.8, 4) is 0 Å². The molecule has 24 heavy (non-hydrogen) atoms. The van der Waals surface area contributed by atoms with Crippen molar-refractivity contribution in [3.05, 3.63) is 54.2 Å². The summed E-state index contributed by atoms with van der Waals surface area (Å²) >= 11 is 0. The summed E-state index contributed by atoms with van der Waals surface area (Å²) in [4.78, 5) is 4.65. The van der Waals surface area contributed by atoms with E-state index in [1.54, 1.807) is 18.4 Å². The lowest BCUT2D eigenvalue weighted by molar-refractivity contribution is -0.117. The van der Waals surface area contributed by atoms with E-state index in [4.69, 9.17) is 9.15 Å². The lowest BCUT2D eigenvalue weighted by atomic mass is 9.90. The SMILES string of the molecule is Fc1cccc(N2CCC[C@@]3(CN(Cc4ccco4)CCO3)C2)c1. The lowest BCUT2D eigenvalue weighted by Crippen LogP contribution is -2.59. The summed E-state index contributed by atoms with van der Waals surface area (Å²) in [5.74, 6) is 0.806. The Morgan fingerprint density at radius 2 is 2.08 bits per heavy atom. The molecular formula is C19H23FN2O2. The van der Waals surface area contributed by atoms with Crippen molar-refractivity contribution in [2.24, 2.45) is 0 Å². The number of hydrogen-bond donors (Lipinski definition) is 0. The number of nitrogens with zero attached hydrogens (tertiary/aromatic N) is 2. The highest BCUT2D eigenvalue weighted by atomic mass is 19.1. The Labute approximate surface area is 141 Å². The maximum Gasteiger partial charge on any atom is 0.125 e. The van der Waals surface area contributed by atoms with Gasteiger partial charge < -0.3 is 14.1 Å². The highest BCUT2D eigenvalue weighted by Gasteiger charge is 2.40. The third-order valence-corrected chi connectivity index (χ3v) is 5.00. The topological polar surface area (TPSA) is 28.9 Å². The Morgan fingerprint density at radius 1 is 1.12 bits per heavy atom. The summed E-state index contributed by atoms with van der Waals surface area (Å²) in [6.07, 6.45) is 3.83. The molecule has 2 fully saturated rings. The van der Waals surface area contributed by atoms with E-state index in [9.17, 15) is 4.39 Å². The summed E-state index contributed by atoms with van der Waals surface area (Å²) in [5.41, 5.74) is 0.774. The number of halogens is 1. The predicted octanol–water partition coefficient (Wildman–Crippen LogP) is 3.29. The molecule has 0 aliphatic carbocycles. The van der Waals surface area contributed by atoms with E-state index in [-0.39, 0.29) is 11.4 Å². The number of furan rings is 1. The van der Waals surface area contributed by atoms with Gasteiger partial charge in [0.05, 0.1) is 25.0 Å². The molecule has 0 saturated carbocycles. The average Bonchev–Trinajstić information content (AvgIpc) is 3.08. The minimum Gasteiger partial charge on any atom is -0.468 e. The zero-order valence-corrected chi connectivity index (χ0v) is 13.8. The van der Waals surface area contributed by atoms with Gasteiger partial charge in [0, 0.05) is 31.9 Å². The first-order chi connectivity index (χ1) is 11.7. The maximum absolute atomic E-state index is 13.6. The molecule has 1 aromatic heterocycles. The number of rotatable bonds is 3. The van der Waals surface area contributed by atoms with Gasteiger partial charge in [-0.15, -0.1) is 0 Å². The van der Waals surface area contributed by atoms with Crippen LogP contribution in [0.2, 0.25) is 0 Å². The van der Waals surface area contributed by atoms with Crippen LogP contribution in [0.4, 0.5) is 10.1 Å². The number of piperidine rings is 1. The molecule has 2 aliphatic heterocycles. The van der Waals surface area contributed by atoms with Gasteiger partial charge in [-0.3, -0.25) is 4.90 Å². The van der Waals surface area contributed by atoms with Crippen molar-refractivity contribution < 1.29 is 13.5 Å².